The first kappa shape index (κ1) is 13.2. The molecule has 3 rings (SSSR count). The molecule has 0 aromatic heterocycles. The molecule has 0 heterocycles. The Kier molecular flexibility index (Phi) is 3.30. The number of aliphatic hydroxyl groups excluding tert-OH is 1. The predicted molar refractivity (Wildman–Crippen MR) is 76.0 cm³/mol. The quantitative estimate of drug-likeness (QED) is 0.665. The smallest absolute Gasteiger partial charge is 0.269 e. The highest BCUT2D eigenvalue weighted by Gasteiger charge is 2.33. The Hall–Kier alpha value is -1.75. The third-order valence-corrected chi connectivity index (χ3v) is 4.40. The van der Waals surface area contributed by atoms with E-state index in [0.717, 1.165) is 36.1 Å². The van der Waals surface area contributed by atoms with Crippen molar-refractivity contribution in [2.45, 2.75) is 44.8 Å². The summed E-state index contributed by atoms with van der Waals surface area (Å²) in [5.41, 5.74) is 3.01. The molecule has 2 aliphatic carbocycles. The molecule has 1 fully saturated rings. The van der Waals surface area contributed by atoms with E-state index in [9.17, 15) is 15.2 Å². The van der Waals surface area contributed by atoms with Crippen LogP contribution in [0.25, 0.3) is 0 Å². The largest absolute Gasteiger partial charge is 0.390 e. The second kappa shape index (κ2) is 4.98. The topological polar surface area (TPSA) is 75.7 Å². The van der Waals surface area contributed by atoms with Gasteiger partial charge in [-0.2, -0.15) is 0 Å². The van der Waals surface area contributed by atoms with Gasteiger partial charge in [-0.1, -0.05) is 13.0 Å². The second-order valence-electron chi connectivity index (χ2n) is 5.77. The maximum atomic E-state index is 10.9. The summed E-state index contributed by atoms with van der Waals surface area (Å²) in [7, 11) is 0. The number of fused-ring (bicyclic) bond motifs is 1. The minimum absolute atomic E-state index is 0.0718. The number of nitro benzene ring substituents is 1. The van der Waals surface area contributed by atoms with Crippen LogP contribution in [0.15, 0.2) is 23.2 Å². The SMILES string of the molecule is C[C@@H]1CCCC1=N[C@@H]1c2cc([N+](=O)[O-])ccc2C[C@H]1O. The molecule has 0 aliphatic heterocycles. The molecule has 2 aliphatic rings. The first-order valence-corrected chi connectivity index (χ1v) is 7.08. The molecule has 0 amide bonds. The van der Waals surface area contributed by atoms with E-state index in [2.05, 4.69) is 6.92 Å². The van der Waals surface area contributed by atoms with E-state index >= 15 is 0 Å². The summed E-state index contributed by atoms with van der Waals surface area (Å²) in [6.07, 6.45) is 3.23. The first-order chi connectivity index (χ1) is 9.56. The summed E-state index contributed by atoms with van der Waals surface area (Å²) in [5.74, 6) is 0.463. The minimum Gasteiger partial charge on any atom is -0.390 e. The van der Waals surface area contributed by atoms with Crippen molar-refractivity contribution in [3.63, 3.8) is 0 Å². The van der Waals surface area contributed by atoms with E-state index in [1.54, 1.807) is 12.1 Å². The summed E-state index contributed by atoms with van der Waals surface area (Å²) in [4.78, 5) is 15.2. The second-order valence-corrected chi connectivity index (χ2v) is 5.77. The molecule has 0 radical (unpaired) electrons. The zero-order chi connectivity index (χ0) is 14.3. The zero-order valence-electron chi connectivity index (χ0n) is 11.5. The van der Waals surface area contributed by atoms with Crippen LogP contribution in [0.1, 0.15) is 43.4 Å². The molecular weight excluding hydrogens is 256 g/mol. The van der Waals surface area contributed by atoms with E-state index in [4.69, 9.17) is 4.99 Å². The summed E-state index contributed by atoms with van der Waals surface area (Å²) < 4.78 is 0. The maximum absolute atomic E-state index is 10.9. The lowest BCUT2D eigenvalue weighted by molar-refractivity contribution is -0.384. The fourth-order valence-corrected chi connectivity index (χ4v) is 3.23. The van der Waals surface area contributed by atoms with Crippen molar-refractivity contribution in [1.29, 1.82) is 0 Å². The van der Waals surface area contributed by atoms with Crippen LogP contribution in [-0.4, -0.2) is 21.8 Å². The Labute approximate surface area is 117 Å². The third-order valence-electron chi connectivity index (χ3n) is 4.40. The molecule has 1 aromatic carbocycles. The minimum atomic E-state index is -0.563. The molecule has 0 bridgehead atoms. The first-order valence-electron chi connectivity index (χ1n) is 7.08. The number of aliphatic imine (C=N–C) groups is 1. The summed E-state index contributed by atoms with van der Waals surface area (Å²) in [6.45, 7) is 2.15. The Bertz CT molecular complexity index is 582. The van der Waals surface area contributed by atoms with Crippen molar-refractivity contribution in [2.75, 3.05) is 0 Å². The lowest BCUT2D eigenvalue weighted by Crippen LogP contribution is -2.14. The van der Waals surface area contributed by atoms with Crippen LogP contribution in [0.3, 0.4) is 0 Å². The van der Waals surface area contributed by atoms with Crippen molar-refractivity contribution < 1.29 is 10.0 Å². The van der Waals surface area contributed by atoms with Crippen LogP contribution in [0.2, 0.25) is 0 Å². The van der Waals surface area contributed by atoms with Gasteiger partial charge in [-0.3, -0.25) is 15.1 Å². The standard InChI is InChI=1S/C15H18N2O3/c1-9-3-2-4-13(9)16-15-12-8-11(17(19)20)6-5-10(12)7-14(15)18/h5-6,8-9,14-15,18H,2-4,7H2,1H3/t9-,14-,15-/m1/s1. The fourth-order valence-electron chi connectivity index (χ4n) is 3.23. The van der Waals surface area contributed by atoms with Crippen molar-refractivity contribution in [1.82, 2.24) is 0 Å². The van der Waals surface area contributed by atoms with Gasteiger partial charge in [0.15, 0.2) is 0 Å². The molecule has 20 heavy (non-hydrogen) atoms. The average molecular weight is 274 g/mol. The molecule has 0 unspecified atom stereocenters. The summed E-state index contributed by atoms with van der Waals surface area (Å²) in [6, 6.07) is 4.48. The average Bonchev–Trinajstić information content (AvgIpc) is 2.94. The van der Waals surface area contributed by atoms with E-state index in [0.29, 0.717) is 12.3 Å². The third kappa shape index (κ3) is 2.22. The van der Waals surface area contributed by atoms with Crippen LogP contribution in [0, 0.1) is 16.0 Å². The number of non-ortho nitro benzene ring substituents is 1. The highest BCUT2D eigenvalue weighted by Crippen LogP contribution is 2.38. The lowest BCUT2D eigenvalue weighted by Gasteiger charge is -2.14. The van der Waals surface area contributed by atoms with E-state index in [-0.39, 0.29) is 11.7 Å². The molecule has 1 aromatic rings. The Morgan fingerprint density at radius 2 is 2.25 bits per heavy atom. The molecule has 106 valence electrons. The highest BCUT2D eigenvalue weighted by molar-refractivity contribution is 5.88. The van der Waals surface area contributed by atoms with Crippen molar-refractivity contribution in [3.05, 3.63) is 39.4 Å². The Balaban J connectivity index is 1.98. The van der Waals surface area contributed by atoms with Gasteiger partial charge in [-0.05, 0) is 36.3 Å². The van der Waals surface area contributed by atoms with Crippen molar-refractivity contribution in [2.24, 2.45) is 10.9 Å². The number of nitro groups is 1. The van der Waals surface area contributed by atoms with Gasteiger partial charge in [0.2, 0.25) is 0 Å². The van der Waals surface area contributed by atoms with Crippen LogP contribution in [-0.2, 0) is 6.42 Å². The zero-order valence-corrected chi connectivity index (χ0v) is 11.5. The van der Waals surface area contributed by atoms with Gasteiger partial charge < -0.3 is 5.11 Å². The highest BCUT2D eigenvalue weighted by atomic mass is 16.6. The van der Waals surface area contributed by atoms with Crippen molar-refractivity contribution in [3.8, 4) is 0 Å². The number of hydrogen-bond donors (Lipinski definition) is 1. The molecule has 1 saturated carbocycles. The number of nitrogens with zero attached hydrogens (tertiary/aromatic N) is 2. The van der Waals surface area contributed by atoms with E-state index < -0.39 is 11.0 Å². The number of hydrogen-bond acceptors (Lipinski definition) is 4. The predicted octanol–water partition coefficient (Wildman–Crippen LogP) is 2.81. The Morgan fingerprint density at radius 1 is 1.45 bits per heavy atom. The molecule has 0 spiro atoms. The van der Waals surface area contributed by atoms with Gasteiger partial charge in [-0.15, -0.1) is 0 Å². The summed E-state index contributed by atoms with van der Waals surface area (Å²) >= 11 is 0. The van der Waals surface area contributed by atoms with Gasteiger partial charge in [0, 0.05) is 24.3 Å². The Morgan fingerprint density at radius 3 is 2.90 bits per heavy atom. The van der Waals surface area contributed by atoms with Gasteiger partial charge >= 0.3 is 0 Å². The molecule has 3 atom stereocenters. The van der Waals surface area contributed by atoms with Crippen LogP contribution in [0.4, 0.5) is 5.69 Å². The van der Waals surface area contributed by atoms with Gasteiger partial charge in [-0.25, -0.2) is 0 Å². The maximum Gasteiger partial charge on any atom is 0.269 e. The van der Waals surface area contributed by atoms with E-state index in [1.165, 1.54) is 6.07 Å². The molecule has 5 nitrogen and oxygen atoms in total. The molecule has 0 saturated heterocycles. The van der Waals surface area contributed by atoms with Gasteiger partial charge in [0.25, 0.3) is 5.69 Å². The molecule has 5 heteroatoms. The van der Waals surface area contributed by atoms with Gasteiger partial charge in [0.05, 0.1) is 11.0 Å². The number of rotatable bonds is 2. The van der Waals surface area contributed by atoms with Crippen LogP contribution in [0.5, 0.6) is 0 Å². The monoisotopic (exact) mass is 274 g/mol. The number of aliphatic hydroxyl groups is 1. The lowest BCUT2D eigenvalue weighted by atomic mass is 10.1. The van der Waals surface area contributed by atoms with Crippen LogP contribution < -0.4 is 0 Å². The summed E-state index contributed by atoms with van der Waals surface area (Å²) in [5, 5.41) is 21.1. The van der Waals surface area contributed by atoms with E-state index in [1.807, 2.05) is 0 Å². The fraction of sp³-hybridized carbons (Fsp3) is 0.533. The normalized spacial score (nSPS) is 30.7. The van der Waals surface area contributed by atoms with Crippen molar-refractivity contribution >= 4 is 11.4 Å². The number of benzene rings is 1. The van der Waals surface area contributed by atoms with Crippen LogP contribution >= 0.6 is 0 Å². The molecule has 1 N–H and O–H groups in total. The van der Waals surface area contributed by atoms with Gasteiger partial charge in [0.1, 0.15) is 6.04 Å². The molecular formula is C15H18N2O3.